The lowest BCUT2D eigenvalue weighted by Gasteiger charge is -2.26. The molecule has 1 aliphatic heterocycles. The summed E-state index contributed by atoms with van der Waals surface area (Å²) in [5.74, 6) is 0.727. The minimum Gasteiger partial charge on any atom is -0.367 e. The summed E-state index contributed by atoms with van der Waals surface area (Å²) in [6.07, 6.45) is 5.17. The second-order valence-electron chi connectivity index (χ2n) is 4.17. The molecule has 1 heterocycles. The highest BCUT2D eigenvalue weighted by molar-refractivity contribution is 9.09. The zero-order valence-electron chi connectivity index (χ0n) is 7.64. The number of rotatable bonds is 1. The first-order valence-corrected chi connectivity index (χ1v) is 5.68. The van der Waals surface area contributed by atoms with Crippen LogP contribution in [0, 0.1) is 5.92 Å². The van der Waals surface area contributed by atoms with Crippen molar-refractivity contribution in [2.45, 2.75) is 38.4 Å². The summed E-state index contributed by atoms with van der Waals surface area (Å²) in [6.45, 7) is 4.40. The molecule has 1 fully saturated rings. The minimum absolute atomic E-state index is 0.0823. The van der Waals surface area contributed by atoms with E-state index in [0.717, 1.165) is 11.2 Å². The molecule has 0 unspecified atom stereocenters. The Hall–Kier alpha value is 0.180. The van der Waals surface area contributed by atoms with Crippen LogP contribution in [0.15, 0.2) is 11.6 Å². The zero-order valence-corrected chi connectivity index (χ0v) is 9.23. The minimum atomic E-state index is 0.0823. The Morgan fingerprint density at radius 3 is 3.08 bits per heavy atom. The van der Waals surface area contributed by atoms with Crippen molar-refractivity contribution >= 4 is 15.9 Å². The van der Waals surface area contributed by atoms with Gasteiger partial charge in [-0.05, 0) is 38.2 Å². The Morgan fingerprint density at radius 2 is 2.50 bits per heavy atom. The van der Waals surface area contributed by atoms with Gasteiger partial charge in [0.15, 0.2) is 0 Å². The predicted molar refractivity (Wildman–Crippen MR) is 53.6 cm³/mol. The highest BCUT2D eigenvalue weighted by Crippen LogP contribution is 2.44. The van der Waals surface area contributed by atoms with E-state index in [1.165, 1.54) is 18.4 Å². The molecule has 1 nitrogen and oxygen atoms in total. The number of hydrogen-bond acceptors (Lipinski definition) is 1. The lowest BCUT2D eigenvalue weighted by atomic mass is 9.82. The Morgan fingerprint density at radius 1 is 1.75 bits per heavy atom. The van der Waals surface area contributed by atoms with Crippen LogP contribution in [-0.2, 0) is 4.74 Å². The van der Waals surface area contributed by atoms with Crippen LogP contribution in [0.1, 0.15) is 26.7 Å². The van der Waals surface area contributed by atoms with E-state index in [2.05, 4.69) is 35.9 Å². The molecule has 12 heavy (non-hydrogen) atoms. The van der Waals surface area contributed by atoms with Crippen LogP contribution in [0.2, 0.25) is 0 Å². The predicted octanol–water partition coefficient (Wildman–Crippen LogP) is 2.90. The molecule has 1 aliphatic carbocycles. The highest BCUT2D eigenvalue weighted by atomic mass is 79.9. The first kappa shape index (κ1) is 8.76. The normalized spacial score (nSPS) is 46.1. The molecule has 0 aromatic carbocycles. The fraction of sp³-hybridized carbons (Fsp3) is 0.800. The molecule has 0 radical (unpaired) electrons. The van der Waals surface area contributed by atoms with Crippen molar-refractivity contribution in [2.75, 3.05) is 5.33 Å². The van der Waals surface area contributed by atoms with Gasteiger partial charge < -0.3 is 4.74 Å². The number of halogens is 1. The summed E-state index contributed by atoms with van der Waals surface area (Å²) in [5, 5.41) is 0.961. The standard InChI is InChI=1S/C10H15BrO/c1-7-3-4-8-5-9(7)12-10(8,2)6-11/h3,8-9H,4-6H2,1-2H3/t8-,9-,10-/m0/s1. The van der Waals surface area contributed by atoms with E-state index < -0.39 is 0 Å². The van der Waals surface area contributed by atoms with E-state index in [9.17, 15) is 0 Å². The average Bonchev–Trinajstić information content (AvgIpc) is 2.35. The summed E-state index contributed by atoms with van der Waals surface area (Å²) in [4.78, 5) is 0. The van der Waals surface area contributed by atoms with Crippen LogP contribution in [0.5, 0.6) is 0 Å². The van der Waals surface area contributed by atoms with Gasteiger partial charge >= 0.3 is 0 Å². The molecule has 68 valence electrons. The Labute approximate surface area is 82.3 Å². The molecule has 0 spiro atoms. The lowest BCUT2D eigenvalue weighted by molar-refractivity contribution is -0.00883. The van der Waals surface area contributed by atoms with Crippen molar-refractivity contribution in [3.8, 4) is 0 Å². The molecule has 2 bridgehead atoms. The fourth-order valence-corrected chi connectivity index (χ4v) is 2.79. The molecule has 2 heteroatoms. The monoisotopic (exact) mass is 230 g/mol. The first-order valence-electron chi connectivity index (χ1n) is 4.56. The van der Waals surface area contributed by atoms with E-state index in [-0.39, 0.29) is 5.60 Å². The van der Waals surface area contributed by atoms with Gasteiger partial charge in [0.1, 0.15) is 0 Å². The van der Waals surface area contributed by atoms with Crippen molar-refractivity contribution < 1.29 is 4.74 Å². The van der Waals surface area contributed by atoms with Crippen molar-refractivity contribution in [1.82, 2.24) is 0 Å². The van der Waals surface area contributed by atoms with Gasteiger partial charge in [0.05, 0.1) is 11.7 Å². The Bertz CT molecular complexity index is 224. The van der Waals surface area contributed by atoms with Crippen LogP contribution in [-0.4, -0.2) is 17.0 Å². The maximum atomic E-state index is 6.02. The Kier molecular flexibility index (Phi) is 2.08. The summed E-state index contributed by atoms with van der Waals surface area (Å²) in [6, 6.07) is 0. The topological polar surface area (TPSA) is 9.23 Å². The number of ether oxygens (including phenoxy) is 1. The molecule has 0 amide bonds. The van der Waals surface area contributed by atoms with Crippen molar-refractivity contribution in [3.63, 3.8) is 0 Å². The van der Waals surface area contributed by atoms with Gasteiger partial charge in [0.25, 0.3) is 0 Å². The molecule has 3 atom stereocenters. The third kappa shape index (κ3) is 1.16. The van der Waals surface area contributed by atoms with E-state index in [4.69, 9.17) is 4.74 Å². The number of fused-ring (bicyclic) bond motifs is 2. The smallest absolute Gasteiger partial charge is 0.0794 e. The van der Waals surface area contributed by atoms with Crippen LogP contribution >= 0.6 is 15.9 Å². The zero-order chi connectivity index (χ0) is 8.77. The molecule has 2 aliphatic rings. The van der Waals surface area contributed by atoms with E-state index in [0.29, 0.717) is 6.10 Å². The van der Waals surface area contributed by atoms with E-state index in [1.807, 2.05) is 0 Å². The van der Waals surface area contributed by atoms with Gasteiger partial charge in [-0.1, -0.05) is 22.0 Å². The van der Waals surface area contributed by atoms with E-state index in [1.54, 1.807) is 0 Å². The van der Waals surface area contributed by atoms with Crippen molar-refractivity contribution in [2.24, 2.45) is 5.92 Å². The largest absolute Gasteiger partial charge is 0.367 e. The number of alkyl halides is 1. The highest BCUT2D eigenvalue weighted by Gasteiger charge is 2.45. The summed E-state index contributed by atoms with van der Waals surface area (Å²) < 4.78 is 6.02. The quantitative estimate of drug-likeness (QED) is 0.498. The molecular weight excluding hydrogens is 216 g/mol. The summed E-state index contributed by atoms with van der Waals surface area (Å²) in [5.41, 5.74) is 1.51. The first-order chi connectivity index (χ1) is 5.65. The average molecular weight is 231 g/mol. The molecule has 0 aromatic heterocycles. The molecule has 0 aromatic rings. The van der Waals surface area contributed by atoms with Gasteiger partial charge in [0.2, 0.25) is 0 Å². The molecule has 2 rings (SSSR count). The van der Waals surface area contributed by atoms with Crippen molar-refractivity contribution in [3.05, 3.63) is 11.6 Å². The van der Waals surface area contributed by atoms with Crippen molar-refractivity contribution in [1.29, 1.82) is 0 Å². The second kappa shape index (κ2) is 2.85. The summed E-state index contributed by atoms with van der Waals surface area (Å²) in [7, 11) is 0. The van der Waals surface area contributed by atoms with Crippen LogP contribution in [0.25, 0.3) is 0 Å². The Balaban J connectivity index is 2.21. The third-order valence-corrected chi connectivity index (χ3v) is 4.38. The fourth-order valence-electron chi connectivity index (χ4n) is 2.20. The van der Waals surface area contributed by atoms with Crippen LogP contribution in [0.4, 0.5) is 0 Å². The van der Waals surface area contributed by atoms with Gasteiger partial charge in [0, 0.05) is 5.33 Å². The maximum absolute atomic E-state index is 6.02. The maximum Gasteiger partial charge on any atom is 0.0794 e. The van der Waals surface area contributed by atoms with Crippen LogP contribution in [0.3, 0.4) is 0 Å². The molecule has 0 N–H and O–H groups in total. The van der Waals surface area contributed by atoms with Gasteiger partial charge in [-0.15, -0.1) is 0 Å². The summed E-state index contributed by atoms with van der Waals surface area (Å²) >= 11 is 3.54. The number of hydrogen-bond donors (Lipinski definition) is 0. The molecular formula is C10H15BrO. The molecule has 1 saturated heterocycles. The lowest BCUT2D eigenvalue weighted by Crippen LogP contribution is -2.33. The second-order valence-corrected chi connectivity index (χ2v) is 4.73. The van der Waals surface area contributed by atoms with Crippen LogP contribution < -0.4 is 0 Å². The van der Waals surface area contributed by atoms with Gasteiger partial charge in [-0.25, -0.2) is 0 Å². The molecule has 0 saturated carbocycles. The van der Waals surface area contributed by atoms with E-state index >= 15 is 0 Å². The van der Waals surface area contributed by atoms with Gasteiger partial charge in [-0.3, -0.25) is 0 Å². The van der Waals surface area contributed by atoms with Gasteiger partial charge in [-0.2, -0.15) is 0 Å². The third-order valence-electron chi connectivity index (χ3n) is 3.27. The number of allylic oxidation sites excluding steroid dienone is 1. The SMILES string of the molecule is CC1=CC[C@H]2C[C@@H]1O[C@@]2(C)CBr.